The number of aromatic nitrogens is 2. The number of anilines is 3. The van der Waals surface area contributed by atoms with Crippen molar-refractivity contribution in [3.63, 3.8) is 0 Å². The number of hydrogen-bond acceptors (Lipinski definition) is 8. The molecule has 3 aromatic rings. The minimum absolute atomic E-state index is 0.0531. The highest BCUT2D eigenvalue weighted by Gasteiger charge is 2.25. The second-order valence-corrected chi connectivity index (χ2v) is 9.78. The summed E-state index contributed by atoms with van der Waals surface area (Å²) in [5.74, 6) is 0.961. The molecule has 0 amide bonds. The van der Waals surface area contributed by atoms with Gasteiger partial charge in [-0.2, -0.15) is 4.98 Å². The van der Waals surface area contributed by atoms with Crippen LogP contribution >= 0.6 is 0 Å². The minimum atomic E-state index is -3.83. The Hall–Kier alpha value is -3.33. The predicted octanol–water partition coefficient (Wildman–Crippen LogP) is 2.84. The molecule has 0 spiro atoms. The fraction of sp³-hybridized carbons (Fsp3) is 0.304. The summed E-state index contributed by atoms with van der Waals surface area (Å²) in [6.45, 7) is 7.29. The fourth-order valence-electron chi connectivity index (χ4n) is 3.92. The number of sulfone groups is 1. The average molecular weight is 454 g/mol. The quantitative estimate of drug-likeness (QED) is 0.629. The number of rotatable bonds is 5. The fourth-order valence-corrected chi connectivity index (χ4v) is 5.18. The van der Waals surface area contributed by atoms with Crippen LogP contribution in [0.3, 0.4) is 0 Å². The van der Waals surface area contributed by atoms with Gasteiger partial charge in [-0.3, -0.25) is 0 Å². The summed E-state index contributed by atoms with van der Waals surface area (Å²) in [6, 6.07) is 12.6. The molecule has 1 aromatic heterocycles. The number of piperazine rings is 1. The van der Waals surface area contributed by atoms with E-state index >= 15 is 0 Å². The Morgan fingerprint density at radius 2 is 1.62 bits per heavy atom. The molecule has 4 rings (SSSR count). The van der Waals surface area contributed by atoms with Gasteiger partial charge in [0.15, 0.2) is 0 Å². The smallest absolute Gasteiger partial charge is 0.227 e. The molecule has 2 heterocycles. The zero-order valence-electron chi connectivity index (χ0n) is 18.4. The van der Waals surface area contributed by atoms with Crippen LogP contribution in [0.25, 0.3) is 0 Å². The highest BCUT2D eigenvalue weighted by atomic mass is 32.2. The van der Waals surface area contributed by atoms with Gasteiger partial charge in [0.05, 0.1) is 18.2 Å². The van der Waals surface area contributed by atoms with Crippen molar-refractivity contribution >= 4 is 27.3 Å². The van der Waals surface area contributed by atoms with Crippen molar-refractivity contribution in [2.24, 2.45) is 0 Å². The maximum atomic E-state index is 13.0. The summed E-state index contributed by atoms with van der Waals surface area (Å²) in [4.78, 5) is 13.0. The van der Waals surface area contributed by atoms with E-state index in [1.54, 1.807) is 12.1 Å². The molecule has 0 radical (unpaired) electrons. The van der Waals surface area contributed by atoms with Crippen LogP contribution < -0.4 is 20.3 Å². The summed E-state index contributed by atoms with van der Waals surface area (Å²) in [6.07, 6.45) is 1.30. The number of nitrogens with zero attached hydrogens (tertiary/aromatic N) is 4. The van der Waals surface area contributed by atoms with E-state index < -0.39 is 9.84 Å². The molecule has 2 N–H and O–H groups in total. The van der Waals surface area contributed by atoms with E-state index in [1.165, 1.54) is 42.3 Å². The molecule has 0 atom stereocenters. The van der Waals surface area contributed by atoms with E-state index in [9.17, 15) is 8.42 Å². The van der Waals surface area contributed by atoms with Gasteiger partial charge in [-0.1, -0.05) is 17.7 Å². The molecule has 2 aromatic carbocycles. The summed E-state index contributed by atoms with van der Waals surface area (Å²) >= 11 is 0. The molecule has 1 saturated heterocycles. The first-order valence-electron chi connectivity index (χ1n) is 10.4. The Morgan fingerprint density at radius 1 is 0.969 bits per heavy atom. The van der Waals surface area contributed by atoms with Gasteiger partial charge < -0.3 is 20.3 Å². The normalized spacial score (nSPS) is 14.5. The molecule has 0 aliphatic carbocycles. The predicted molar refractivity (Wildman–Crippen MR) is 125 cm³/mol. The van der Waals surface area contributed by atoms with Crippen molar-refractivity contribution in [1.29, 1.82) is 0 Å². The minimum Gasteiger partial charge on any atom is -0.497 e. The number of nitrogen functional groups attached to an aromatic ring is 1. The Morgan fingerprint density at radius 3 is 2.22 bits per heavy atom. The lowest BCUT2D eigenvalue weighted by Gasteiger charge is -2.37. The van der Waals surface area contributed by atoms with Gasteiger partial charge >= 0.3 is 0 Å². The Balaban J connectivity index is 1.50. The topological polar surface area (TPSA) is 102 Å². The highest BCUT2D eigenvalue weighted by Crippen LogP contribution is 2.28. The number of nitrogens with two attached hydrogens (primary N) is 1. The Bertz CT molecular complexity index is 1220. The molecular weight excluding hydrogens is 426 g/mol. The summed E-state index contributed by atoms with van der Waals surface area (Å²) in [5, 5.41) is 0. The van der Waals surface area contributed by atoms with Crippen molar-refractivity contribution in [3.05, 3.63) is 59.8 Å². The van der Waals surface area contributed by atoms with E-state index in [2.05, 4.69) is 46.9 Å². The van der Waals surface area contributed by atoms with Crippen LogP contribution in [0.2, 0.25) is 0 Å². The summed E-state index contributed by atoms with van der Waals surface area (Å²) in [5.41, 5.74) is 9.81. The van der Waals surface area contributed by atoms with Gasteiger partial charge in [0.25, 0.3) is 0 Å². The lowest BCUT2D eigenvalue weighted by molar-refractivity contribution is 0.414. The van der Waals surface area contributed by atoms with Crippen LogP contribution in [0.4, 0.5) is 17.5 Å². The molecule has 0 bridgehead atoms. The van der Waals surface area contributed by atoms with Crippen molar-refractivity contribution in [2.75, 3.05) is 48.8 Å². The summed E-state index contributed by atoms with van der Waals surface area (Å²) < 4.78 is 31.0. The lowest BCUT2D eigenvalue weighted by Crippen LogP contribution is -2.47. The molecule has 32 heavy (non-hydrogen) atoms. The van der Waals surface area contributed by atoms with Crippen LogP contribution in [-0.2, 0) is 9.84 Å². The number of ether oxygens (including phenoxy) is 1. The van der Waals surface area contributed by atoms with Crippen LogP contribution in [0.15, 0.2) is 58.5 Å². The molecule has 0 unspecified atom stereocenters. The second-order valence-electron chi connectivity index (χ2n) is 7.86. The lowest BCUT2D eigenvalue weighted by atomic mass is 10.1. The molecule has 1 aliphatic heterocycles. The third-order valence-electron chi connectivity index (χ3n) is 5.68. The molecule has 0 saturated carbocycles. The van der Waals surface area contributed by atoms with Crippen molar-refractivity contribution < 1.29 is 13.2 Å². The number of aryl methyl sites for hydroxylation is 2. The number of methoxy groups -OCH3 is 1. The molecule has 1 fully saturated rings. The van der Waals surface area contributed by atoms with Crippen LogP contribution in [0, 0.1) is 13.8 Å². The number of benzene rings is 2. The first-order valence-corrected chi connectivity index (χ1v) is 11.9. The molecule has 1 aliphatic rings. The van der Waals surface area contributed by atoms with E-state index in [0.29, 0.717) is 11.7 Å². The zero-order valence-corrected chi connectivity index (χ0v) is 19.3. The van der Waals surface area contributed by atoms with Crippen LogP contribution in [0.5, 0.6) is 5.75 Å². The Labute approximate surface area is 188 Å². The van der Waals surface area contributed by atoms with Crippen molar-refractivity contribution in [2.45, 2.75) is 23.6 Å². The molecule has 8 nitrogen and oxygen atoms in total. The van der Waals surface area contributed by atoms with Gasteiger partial charge in [-0.15, -0.1) is 0 Å². The van der Waals surface area contributed by atoms with E-state index in [-0.39, 0.29) is 15.6 Å². The van der Waals surface area contributed by atoms with Crippen molar-refractivity contribution in [1.82, 2.24) is 9.97 Å². The summed E-state index contributed by atoms with van der Waals surface area (Å²) in [7, 11) is -2.30. The monoisotopic (exact) mass is 453 g/mol. The largest absolute Gasteiger partial charge is 0.497 e. The van der Waals surface area contributed by atoms with Gasteiger partial charge in [0, 0.05) is 31.9 Å². The second kappa shape index (κ2) is 8.66. The molecule has 168 valence electrons. The van der Waals surface area contributed by atoms with E-state index in [0.717, 1.165) is 26.2 Å². The molecular formula is C23H27N5O3S. The van der Waals surface area contributed by atoms with Crippen molar-refractivity contribution in [3.8, 4) is 5.75 Å². The third-order valence-corrected chi connectivity index (χ3v) is 7.47. The van der Waals surface area contributed by atoms with Crippen LogP contribution in [0.1, 0.15) is 11.1 Å². The maximum Gasteiger partial charge on any atom is 0.227 e. The Kier molecular flexibility index (Phi) is 5.92. The highest BCUT2D eigenvalue weighted by molar-refractivity contribution is 7.91. The molecule has 9 heteroatoms. The van der Waals surface area contributed by atoms with E-state index in [1.807, 2.05) is 4.90 Å². The van der Waals surface area contributed by atoms with Gasteiger partial charge in [0.1, 0.15) is 16.5 Å². The first kappa shape index (κ1) is 21.9. The first-order chi connectivity index (χ1) is 15.3. The zero-order chi connectivity index (χ0) is 22.9. The van der Waals surface area contributed by atoms with Gasteiger partial charge in [0.2, 0.25) is 15.8 Å². The standard InChI is InChI=1S/C23H27N5O3S/c1-16-4-9-20(17(2)14-16)27-10-12-28(13-11-27)23-25-15-21(22(24)26-23)32(29,30)19-7-5-18(31-3)6-8-19/h4-9,14-15H,10-13H2,1-3H3,(H2,24,25,26). The maximum absolute atomic E-state index is 13.0. The third kappa shape index (κ3) is 4.20. The average Bonchev–Trinajstić information content (AvgIpc) is 2.79. The van der Waals surface area contributed by atoms with E-state index in [4.69, 9.17) is 10.5 Å². The van der Waals surface area contributed by atoms with Gasteiger partial charge in [-0.05, 0) is 49.7 Å². The van der Waals surface area contributed by atoms with Crippen LogP contribution in [-0.4, -0.2) is 51.7 Å². The SMILES string of the molecule is COc1ccc(S(=O)(=O)c2cnc(N3CCN(c4ccc(C)cc4C)CC3)nc2N)cc1. The van der Waals surface area contributed by atoms with Gasteiger partial charge in [-0.25, -0.2) is 13.4 Å². The number of hydrogen-bond donors (Lipinski definition) is 1.